The second-order valence-corrected chi connectivity index (χ2v) is 4.35. The van der Waals surface area contributed by atoms with Gasteiger partial charge in [0.25, 0.3) is 5.88 Å². The minimum absolute atomic E-state index is 0.644. The van der Waals surface area contributed by atoms with E-state index in [1.165, 1.54) is 11.7 Å². The zero-order chi connectivity index (χ0) is 12.1. The zero-order valence-electron chi connectivity index (χ0n) is 10.1. The number of pyridine rings is 1. The number of hydrogen-bond donors (Lipinski definition) is 0. The van der Waals surface area contributed by atoms with E-state index in [0.717, 1.165) is 24.2 Å². The number of aromatic nitrogens is 3. The summed E-state index contributed by atoms with van der Waals surface area (Å²) >= 11 is 1.19. The maximum absolute atomic E-state index is 5.65. The van der Waals surface area contributed by atoms with Gasteiger partial charge < -0.3 is 4.74 Å². The van der Waals surface area contributed by atoms with E-state index in [9.17, 15) is 0 Å². The van der Waals surface area contributed by atoms with Crippen molar-refractivity contribution in [3.05, 3.63) is 24.4 Å². The van der Waals surface area contributed by atoms with Gasteiger partial charge >= 0.3 is 0 Å². The van der Waals surface area contributed by atoms with Crippen molar-refractivity contribution in [3.63, 3.8) is 0 Å². The highest BCUT2D eigenvalue weighted by molar-refractivity contribution is 6.99. The zero-order valence-corrected chi connectivity index (χ0v) is 10.9. The molecule has 90 valence electrons. The maximum Gasteiger partial charge on any atom is 0.260 e. The molecule has 5 heteroatoms. The number of hydrogen-bond acceptors (Lipinski definition) is 4. The summed E-state index contributed by atoms with van der Waals surface area (Å²) in [4.78, 5) is 0. The van der Waals surface area contributed by atoms with Gasteiger partial charge in [-0.3, -0.25) is 0 Å². The molecule has 0 aromatic carbocycles. The fourth-order valence-electron chi connectivity index (χ4n) is 1.51. The fourth-order valence-corrected chi connectivity index (χ4v) is 2.02. The molecular formula is C12H16N3OS+. The van der Waals surface area contributed by atoms with Crippen molar-refractivity contribution < 1.29 is 9.30 Å². The first-order chi connectivity index (χ1) is 8.33. The molecule has 0 saturated heterocycles. The number of ether oxygens (including phenoxy) is 1. The lowest BCUT2D eigenvalue weighted by Crippen LogP contribution is -2.30. The molecule has 0 amide bonds. The monoisotopic (exact) mass is 250 g/mol. The van der Waals surface area contributed by atoms with Crippen molar-refractivity contribution in [2.45, 2.75) is 19.8 Å². The number of rotatable bonds is 5. The molecule has 0 aliphatic heterocycles. The fraction of sp³-hybridized carbons (Fsp3) is 0.417. The minimum Gasteiger partial charge on any atom is -0.475 e. The first kappa shape index (κ1) is 12.0. The molecular weight excluding hydrogens is 234 g/mol. The van der Waals surface area contributed by atoms with Crippen LogP contribution in [0.5, 0.6) is 5.88 Å². The summed E-state index contributed by atoms with van der Waals surface area (Å²) in [5.74, 6) is 0.644. The van der Waals surface area contributed by atoms with Gasteiger partial charge in [0.15, 0.2) is 6.20 Å². The molecule has 0 saturated carbocycles. The van der Waals surface area contributed by atoms with E-state index < -0.39 is 0 Å². The Bertz CT molecular complexity index is 484. The molecule has 0 N–H and O–H groups in total. The summed E-state index contributed by atoms with van der Waals surface area (Å²) in [6, 6.07) is 5.99. The average molecular weight is 250 g/mol. The Morgan fingerprint density at radius 3 is 3.00 bits per heavy atom. The van der Waals surface area contributed by atoms with E-state index in [-0.39, 0.29) is 0 Å². The number of nitrogens with zero attached hydrogens (tertiary/aromatic N) is 3. The molecule has 2 aromatic rings. The van der Waals surface area contributed by atoms with Crippen molar-refractivity contribution in [2.24, 2.45) is 7.05 Å². The average Bonchev–Trinajstić information content (AvgIpc) is 2.78. The minimum atomic E-state index is 0.644. The summed E-state index contributed by atoms with van der Waals surface area (Å²) in [5, 5.41) is 0. The maximum atomic E-state index is 5.65. The van der Waals surface area contributed by atoms with Gasteiger partial charge in [0.1, 0.15) is 7.05 Å². The van der Waals surface area contributed by atoms with E-state index in [0.29, 0.717) is 12.5 Å². The highest BCUT2D eigenvalue weighted by Gasteiger charge is 2.19. The highest BCUT2D eigenvalue weighted by Crippen LogP contribution is 2.24. The molecule has 0 aliphatic rings. The van der Waals surface area contributed by atoms with Crippen molar-refractivity contribution >= 4 is 11.7 Å². The van der Waals surface area contributed by atoms with E-state index in [1.807, 2.05) is 36.0 Å². The van der Waals surface area contributed by atoms with Gasteiger partial charge in [-0.05, 0) is 12.5 Å². The lowest BCUT2D eigenvalue weighted by Gasteiger charge is -2.02. The van der Waals surface area contributed by atoms with Crippen LogP contribution in [0.3, 0.4) is 0 Å². The molecule has 17 heavy (non-hydrogen) atoms. The van der Waals surface area contributed by atoms with Gasteiger partial charge in [-0.15, -0.1) is 4.37 Å². The van der Waals surface area contributed by atoms with Crippen LogP contribution in [-0.2, 0) is 7.05 Å². The van der Waals surface area contributed by atoms with Crippen molar-refractivity contribution in [1.29, 1.82) is 0 Å². The van der Waals surface area contributed by atoms with Gasteiger partial charge in [-0.1, -0.05) is 13.3 Å². The summed E-state index contributed by atoms with van der Waals surface area (Å²) in [6.07, 6.45) is 4.15. The SMILES string of the molecule is CCCCOc1nsnc1-c1cccc[n+]1C. The molecule has 2 aromatic heterocycles. The predicted molar refractivity (Wildman–Crippen MR) is 66.9 cm³/mol. The lowest BCUT2D eigenvalue weighted by atomic mass is 10.2. The quantitative estimate of drug-likeness (QED) is 0.603. The van der Waals surface area contributed by atoms with Gasteiger partial charge in [0.05, 0.1) is 18.3 Å². The van der Waals surface area contributed by atoms with Crippen LogP contribution in [0.2, 0.25) is 0 Å². The van der Waals surface area contributed by atoms with Crippen LogP contribution < -0.4 is 9.30 Å². The van der Waals surface area contributed by atoms with Crippen LogP contribution in [-0.4, -0.2) is 15.4 Å². The highest BCUT2D eigenvalue weighted by atomic mass is 32.1. The van der Waals surface area contributed by atoms with Crippen LogP contribution in [0, 0.1) is 0 Å². The Hall–Kier alpha value is -1.49. The Labute approximate surface area is 105 Å². The smallest absolute Gasteiger partial charge is 0.260 e. The van der Waals surface area contributed by atoms with E-state index in [2.05, 4.69) is 15.7 Å². The summed E-state index contributed by atoms with van der Waals surface area (Å²) in [6.45, 7) is 2.84. The molecule has 2 rings (SSSR count). The third-order valence-corrected chi connectivity index (χ3v) is 3.00. The van der Waals surface area contributed by atoms with Crippen molar-refractivity contribution in [2.75, 3.05) is 6.61 Å². The summed E-state index contributed by atoms with van der Waals surface area (Å²) in [7, 11) is 1.99. The van der Waals surface area contributed by atoms with E-state index >= 15 is 0 Å². The molecule has 0 spiro atoms. The van der Waals surface area contributed by atoms with E-state index in [1.54, 1.807) is 0 Å². The summed E-state index contributed by atoms with van der Waals surface area (Å²) < 4.78 is 16.2. The van der Waals surface area contributed by atoms with Crippen LogP contribution in [0.4, 0.5) is 0 Å². The Kier molecular flexibility index (Phi) is 4.03. The van der Waals surface area contributed by atoms with Gasteiger partial charge in [0, 0.05) is 12.1 Å². The summed E-state index contributed by atoms with van der Waals surface area (Å²) in [5.41, 5.74) is 1.85. The van der Waals surface area contributed by atoms with E-state index in [4.69, 9.17) is 4.74 Å². The first-order valence-corrected chi connectivity index (χ1v) is 6.46. The number of unbranched alkanes of at least 4 members (excludes halogenated alkanes) is 1. The van der Waals surface area contributed by atoms with Crippen molar-refractivity contribution in [3.8, 4) is 17.3 Å². The Balaban J connectivity index is 2.22. The van der Waals surface area contributed by atoms with Crippen molar-refractivity contribution in [1.82, 2.24) is 8.75 Å². The normalized spacial score (nSPS) is 10.5. The second kappa shape index (κ2) is 5.72. The van der Waals surface area contributed by atoms with Gasteiger partial charge in [-0.25, -0.2) is 0 Å². The molecule has 0 aliphatic carbocycles. The molecule has 0 fully saturated rings. The Morgan fingerprint density at radius 2 is 2.24 bits per heavy atom. The van der Waals surface area contributed by atoms with Crippen LogP contribution in [0.25, 0.3) is 11.4 Å². The van der Waals surface area contributed by atoms with Crippen LogP contribution in [0.15, 0.2) is 24.4 Å². The molecule has 4 nitrogen and oxygen atoms in total. The molecule has 0 unspecified atom stereocenters. The topological polar surface area (TPSA) is 38.9 Å². The first-order valence-electron chi connectivity index (χ1n) is 5.73. The molecule has 0 bridgehead atoms. The third kappa shape index (κ3) is 2.79. The van der Waals surface area contributed by atoms with Crippen LogP contribution >= 0.6 is 11.7 Å². The standard InChI is InChI=1S/C12H16N3OS/c1-3-4-9-16-12-11(13-17-14-12)10-7-5-6-8-15(10)2/h5-8H,3-4,9H2,1-2H3/q+1. The Morgan fingerprint density at radius 1 is 1.35 bits per heavy atom. The van der Waals surface area contributed by atoms with Gasteiger partial charge in [-0.2, -0.15) is 8.94 Å². The molecule has 0 atom stereocenters. The van der Waals surface area contributed by atoms with Gasteiger partial charge in [0.2, 0.25) is 11.4 Å². The number of aryl methyl sites for hydroxylation is 1. The molecule has 0 radical (unpaired) electrons. The molecule has 2 heterocycles. The second-order valence-electron chi connectivity index (χ2n) is 3.82. The lowest BCUT2D eigenvalue weighted by molar-refractivity contribution is -0.660. The predicted octanol–water partition coefficient (Wildman–Crippen LogP) is 2.21. The van der Waals surface area contributed by atoms with Crippen LogP contribution in [0.1, 0.15) is 19.8 Å². The third-order valence-electron chi connectivity index (χ3n) is 2.49. The largest absolute Gasteiger partial charge is 0.475 e.